The van der Waals surface area contributed by atoms with Crippen molar-refractivity contribution in [2.24, 2.45) is 14.1 Å². The number of aryl methyl sites for hydroxylation is 3. The molecule has 1 aromatic carbocycles. The van der Waals surface area contributed by atoms with Gasteiger partial charge in [-0.05, 0) is 34.5 Å². The fourth-order valence-corrected chi connectivity index (χ4v) is 2.54. The van der Waals surface area contributed by atoms with Gasteiger partial charge >= 0.3 is 5.69 Å². The summed E-state index contributed by atoms with van der Waals surface area (Å²) in [7, 11) is 3.56. The maximum atomic E-state index is 11.9. The average Bonchev–Trinajstić information content (AvgIpc) is 3.05. The van der Waals surface area contributed by atoms with Crippen LogP contribution in [-0.2, 0) is 27.2 Å². The number of hydrogen-bond acceptors (Lipinski definition) is 5. The number of hydrogen-bond donors (Lipinski definition) is 1. The lowest BCUT2D eigenvalue weighted by Gasteiger charge is -2.07. The van der Waals surface area contributed by atoms with Gasteiger partial charge in [-0.25, -0.2) is 9.48 Å². The predicted molar refractivity (Wildman–Crippen MR) is 83.6 cm³/mol. The van der Waals surface area contributed by atoms with Gasteiger partial charge in [-0.15, -0.1) is 0 Å². The number of tetrazole rings is 1. The number of nitrogens with zero attached hydrogens (tertiary/aromatic N) is 6. The van der Waals surface area contributed by atoms with Crippen molar-refractivity contribution >= 4 is 17.0 Å². The average molecular weight is 301 g/mol. The van der Waals surface area contributed by atoms with Crippen molar-refractivity contribution in [1.29, 1.82) is 0 Å². The number of benzene rings is 1. The van der Waals surface area contributed by atoms with E-state index in [9.17, 15) is 4.79 Å². The molecule has 8 heteroatoms. The first kappa shape index (κ1) is 14.3. The highest BCUT2D eigenvalue weighted by Gasteiger charge is 2.09. The van der Waals surface area contributed by atoms with Crippen molar-refractivity contribution in [3.8, 4) is 0 Å². The zero-order valence-corrected chi connectivity index (χ0v) is 12.9. The molecule has 3 aromatic rings. The summed E-state index contributed by atoms with van der Waals surface area (Å²) in [6, 6.07) is 5.98. The third kappa shape index (κ3) is 2.36. The second-order valence-corrected chi connectivity index (χ2v) is 5.30. The molecule has 0 saturated heterocycles. The second kappa shape index (κ2) is 5.63. The monoisotopic (exact) mass is 301 g/mol. The molecule has 0 atom stereocenters. The van der Waals surface area contributed by atoms with Crippen molar-refractivity contribution < 1.29 is 0 Å². The van der Waals surface area contributed by atoms with E-state index in [1.807, 2.05) is 18.2 Å². The van der Waals surface area contributed by atoms with Crippen molar-refractivity contribution in [2.75, 3.05) is 5.32 Å². The molecule has 0 aliphatic carbocycles. The third-order valence-corrected chi connectivity index (χ3v) is 3.75. The lowest BCUT2D eigenvalue weighted by molar-refractivity contribution is 0.582. The van der Waals surface area contributed by atoms with Crippen LogP contribution in [0.2, 0.25) is 0 Å². The van der Waals surface area contributed by atoms with Crippen LogP contribution in [0, 0.1) is 0 Å². The van der Waals surface area contributed by atoms with E-state index >= 15 is 0 Å². The van der Waals surface area contributed by atoms with Gasteiger partial charge < -0.3 is 5.32 Å². The maximum Gasteiger partial charge on any atom is 0.328 e. The standard InChI is InChI=1S/C14H19N7O/c1-4-7-21-13(16-17-18-21)15-9-10-5-6-11-12(8-10)20(3)14(22)19(11)2/h5-6,8H,4,7,9H2,1-3H3,(H,15,16,18). The van der Waals surface area contributed by atoms with E-state index in [1.165, 1.54) is 0 Å². The summed E-state index contributed by atoms with van der Waals surface area (Å²) in [4.78, 5) is 11.9. The van der Waals surface area contributed by atoms with E-state index in [-0.39, 0.29) is 5.69 Å². The molecule has 1 N–H and O–H groups in total. The second-order valence-electron chi connectivity index (χ2n) is 5.30. The number of rotatable bonds is 5. The van der Waals surface area contributed by atoms with Crippen LogP contribution < -0.4 is 11.0 Å². The van der Waals surface area contributed by atoms with Crippen molar-refractivity contribution in [3.63, 3.8) is 0 Å². The highest BCUT2D eigenvalue weighted by atomic mass is 16.1. The Morgan fingerprint density at radius 1 is 1.18 bits per heavy atom. The van der Waals surface area contributed by atoms with E-state index in [2.05, 4.69) is 27.8 Å². The highest BCUT2D eigenvalue weighted by Crippen LogP contribution is 2.15. The van der Waals surface area contributed by atoms with Crippen LogP contribution in [0.15, 0.2) is 23.0 Å². The van der Waals surface area contributed by atoms with Gasteiger partial charge in [0.1, 0.15) is 0 Å². The van der Waals surface area contributed by atoms with Gasteiger partial charge in [-0.1, -0.05) is 18.1 Å². The molecule has 0 spiro atoms. The SMILES string of the molecule is CCCn1nnnc1NCc1ccc2c(c1)n(C)c(=O)n2C. The quantitative estimate of drug-likeness (QED) is 0.756. The molecule has 116 valence electrons. The zero-order valence-electron chi connectivity index (χ0n) is 12.9. The zero-order chi connectivity index (χ0) is 15.7. The lowest BCUT2D eigenvalue weighted by atomic mass is 10.2. The fourth-order valence-electron chi connectivity index (χ4n) is 2.54. The topological polar surface area (TPSA) is 82.6 Å². The van der Waals surface area contributed by atoms with Gasteiger partial charge in [0, 0.05) is 27.2 Å². The van der Waals surface area contributed by atoms with E-state index in [4.69, 9.17) is 0 Å². The normalized spacial score (nSPS) is 11.2. The molecule has 0 bridgehead atoms. The Kier molecular flexibility index (Phi) is 3.66. The van der Waals surface area contributed by atoms with Crippen LogP contribution in [0.4, 0.5) is 5.95 Å². The Morgan fingerprint density at radius 2 is 1.95 bits per heavy atom. The Hall–Kier alpha value is -2.64. The van der Waals surface area contributed by atoms with E-state index in [0.717, 1.165) is 29.6 Å². The van der Waals surface area contributed by atoms with E-state index in [1.54, 1.807) is 27.9 Å². The van der Waals surface area contributed by atoms with Gasteiger partial charge in [0.2, 0.25) is 5.95 Å². The summed E-state index contributed by atoms with van der Waals surface area (Å²) < 4.78 is 5.05. The molecule has 0 fully saturated rings. The molecule has 0 aliphatic heterocycles. The number of fused-ring (bicyclic) bond motifs is 1. The number of nitrogens with one attached hydrogen (secondary N) is 1. The summed E-state index contributed by atoms with van der Waals surface area (Å²) in [6.07, 6.45) is 0.970. The Balaban J connectivity index is 1.84. The smallest absolute Gasteiger partial charge is 0.328 e. The van der Waals surface area contributed by atoms with Gasteiger partial charge in [0.25, 0.3) is 0 Å². The van der Waals surface area contributed by atoms with Crippen LogP contribution in [0.1, 0.15) is 18.9 Å². The summed E-state index contributed by atoms with van der Waals surface area (Å²) in [5.41, 5.74) is 2.89. The largest absolute Gasteiger partial charge is 0.349 e. The van der Waals surface area contributed by atoms with Crippen LogP contribution in [-0.4, -0.2) is 29.3 Å². The van der Waals surface area contributed by atoms with E-state index < -0.39 is 0 Å². The Morgan fingerprint density at radius 3 is 2.73 bits per heavy atom. The molecule has 0 unspecified atom stereocenters. The van der Waals surface area contributed by atoms with Gasteiger partial charge in [-0.3, -0.25) is 9.13 Å². The Labute approximate surface area is 127 Å². The fraction of sp³-hybridized carbons (Fsp3) is 0.429. The first-order valence-electron chi connectivity index (χ1n) is 7.26. The van der Waals surface area contributed by atoms with Crippen molar-refractivity contribution in [2.45, 2.75) is 26.4 Å². The maximum absolute atomic E-state index is 11.9. The number of aromatic nitrogens is 6. The molecule has 0 amide bonds. The molecule has 0 aliphatic rings. The molecule has 22 heavy (non-hydrogen) atoms. The minimum absolute atomic E-state index is 0.0213. The van der Waals surface area contributed by atoms with Gasteiger partial charge in [0.15, 0.2) is 0 Å². The summed E-state index contributed by atoms with van der Waals surface area (Å²) in [5.74, 6) is 0.656. The minimum atomic E-state index is -0.0213. The molecular formula is C14H19N7O. The van der Waals surface area contributed by atoms with Crippen LogP contribution in [0.5, 0.6) is 0 Å². The molecule has 3 rings (SSSR count). The molecule has 8 nitrogen and oxygen atoms in total. The highest BCUT2D eigenvalue weighted by molar-refractivity contribution is 5.76. The molecular weight excluding hydrogens is 282 g/mol. The van der Waals surface area contributed by atoms with Crippen LogP contribution in [0.3, 0.4) is 0 Å². The van der Waals surface area contributed by atoms with Crippen molar-refractivity contribution in [3.05, 3.63) is 34.2 Å². The molecule has 0 saturated carbocycles. The first-order chi connectivity index (χ1) is 10.6. The van der Waals surface area contributed by atoms with Crippen molar-refractivity contribution in [1.82, 2.24) is 29.3 Å². The molecule has 2 aromatic heterocycles. The minimum Gasteiger partial charge on any atom is -0.349 e. The molecule has 2 heterocycles. The molecule has 0 radical (unpaired) electrons. The van der Waals surface area contributed by atoms with Crippen LogP contribution >= 0.6 is 0 Å². The van der Waals surface area contributed by atoms with Gasteiger partial charge in [0.05, 0.1) is 11.0 Å². The lowest BCUT2D eigenvalue weighted by Crippen LogP contribution is -2.19. The van der Waals surface area contributed by atoms with Crippen LogP contribution in [0.25, 0.3) is 11.0 Å². The number of anilines is 1. The summed E-state index contributed by atoms with van der Waals surface area (Å²) >= 11 is 0. The van der Waals surface area contributed by atoms with E-state index in [0.29, 0.717) is 12.5 Å². The predicted octanol–water partition coefficient (Wildman–Crippen LogP) is 0.886. The first-order valence-corrected chi connectivity index (χ1v) is 7.26. The Bertz CT molecular complexity index is 858. The number of imidazole rings is 1. The van der Waals surface area contributed by atoms with Gasteiger partial charge in [-0.2, -0.15) is 0 Å². The summed E-state index contributed by atoms with van der Waals surface area (Å²) in [6.45, 7) is 3.46. The summed E-state index contributed by atoms with van der Waals surface area (Å²) in [5, 5.41) is 14.8. The third-order valence-electron chi connectivity index (χ3n) is 3.75.